The second-order valence-corrected chi connectivity index (χ2v) is 5.83. The van der Waals surface area contributed by atoms with Crippen molar-refractivity contribution in [2.75, 3.05) is 19.0 Å². The van der Waals surface area contributed by atoms with Crippen molar-refractivity contribution < 1.29 is 9.53 Å². The van der Waals surface area contributed by atoms with E-state index in [4.69, 9.17) is 4.74 Å². The number of benzene rings is 1. The first-order valence-corrected chi connectivity index (χ1v) is 8.10. The van der Waals surface area contributed by atoms with E-state index < -0.39 is 0 Å². The predicted octanol–water partition coefficient (Wildman–Crippen LogP) is 0.488. The summed E-state index contributed by atoms with van der Waals surface area (Å²) in [6.07, 6.45) is 0. The number of aryl methyl sites for hydroxylation is 1. The molecular formula is C14H15N7O3S. The highest BCUT2D eigenvalue weighted by Gasteiger charge is 2.14. The number of tetrazole rings is 1. The van der Waals surface area contributed by atoms with Crippen LogP contribution in [0, 0.1) is 6.92 Å². The summed E-state index contributed by atoms with van der Waals surface area (Å²) in [5.41, 5.74) is 1.35. The van der Waals surface area contributed by atoms with Gasteiger partial charge >= 0.3 is 5.69 Å². The van der Waals surface area contributed by atoms with E-state index in [1.54, 1.807) is 38.3 Å². The van der Waals surface area contributed by atoms with Crippen LogP contribution in [-0.4, -0.2) is 49.0 Å². The van der Waals surface area contributed by atoms with Gasteiger partial charge in [-0.2, -0.15) is 9.36 Å². The Bertz CT molecular complexity index is 929. The van der Waals surface area contributed by atoms with Crippen LogP contribution in [-0.2, 0) is 11.3 Å². The maximum atomic E-state index is 12.2. The fraction of sp³-hybridized carbons (Fsp3) is 0.286. The van der Waals surface area contributed by atoms with Gasteiger partial charge in [-0.1, -0.05) is 4.49 Å². The maximum Gasteiger partial charge on any atom is 0.368 e. The number of hydrogen-bond acceptors (Lipinski definition) is 8. The third kappa shape index (κ3) is 3.61. The summed E-state index contributed by atoms with van der Waals surface area (Å²) in [5, 5.41) is 14.2. The van der Waals surface area contributed by atoms with Crippen molar-refractivity contribution in [1.82, 2.24) is 29.4 Å². The molecule has 0 saturated heterocycles. The number of anilines is 1. The lowest BCUT2D eigenvalue weighted by molar-refractivity contribution is 0.103. The molecule has 0 fully saturated rings. The van der Waals surface area contributed by atoms with Crippen molar-refractivity contribution in [1.29, 1.82) is 0 Å². The monoisotopic (exact) mass is 361 g/mol. The largest absolute Gasteiger partial charge is 0.383 e. The summed E-state index contributed by atoms with van der Waals surface area (Å²) in [6, 6.07) is 6.70. The number of methoxy groups -OCH3 is 1. The van der Waals surface area contributed by atoms with E-state index >= 15 is 0 Å². The standard InChI is InChI=1S/C14H15N7O3S/c1-9-12(25-19-16-9)13(22)15-10-3-5-11(6-4-10)21-14(23)20(17-18-21)7-8-24-2/h3-6H,7-8H2,1-2H3,(H,15,22). The number of carbonyl (C=O) groups is 1. The van der Waals surface area contributed by atoms with Gasteiger partial charge in [0.05, 0.1) is 24.5 Å². The van der Waals surface area contributed by atoms with Crippen LogP contribution in [0.15, 0.2) is 29.1 Å². The molecule has 0 aliphatic rings. The van der Waals surface area contributed by atoms with Gasteiger partial charge in [-0.3, -0.25) is 4.79 Å². The molecule has 3 rings (SSSR count). The number of rotatable bonds is 6. The van der Waals surface area contributed by atoms with Gasteiger partial charge in [0, 0.05) is 12.8 Å². The summed E-state index contributed by atoms with van der Waals surface area (Å²) in [4.78, 5) is 24.8. The second kappa shape index (κ2) is 7.32. The van der Waals surface area contributed by atoms with Crippen molar-refractivity contribution in [3.05, 3.63) is 45.3 Å². The molecule has 11 heteroatoms. The summed E-state index contributed by atoms with van der Waals surface area (Å²) in [6.45, 7) is 2.42. The number of nitrogens with zero attached hydrogens (tertiary/aromatic N) is 6. The van der Waals surface area contributed by atoms with Crippen molar-refractivity contribution in [3.63, 3.8) is 0 Å². The van der Waals surface area contributed by atoms with Crippen LogP contribution >= 0.6 is 11.5 Å². The molecule has 0 atom stereocenters. The topological polar surface area (TPSA) is 117 Å². The van der Waals surface area contributed by atoms with E-state index in [2.05, 4.69) is 25.3 Å². The zero-order valence-electron chi connectivity index (χ0n) is 13.5. The Morgan fingerprint density at radius 1 is 1.28 bits per heavy atom. The van der Waals surface area contributed by atoms with Crippen molar-refractivity contribution in [2.24, 2.45) is 0 Å². The average Bonchev–Trinajstić information content (AvgIpc) is 3.20. The molecule has 0 saturated carbocycles. The van der Waals surface area contributed by atoms with Crippen molar-refractivity contribution in [2.45, 2.75) is 13.5 Å². The zero-order valence-corrected chi connectivity index (χ0v) is 14.4. The minimum absolute atomic E-state index is 0.275. The first-order chi connectivity index (χ1) is 12.1. The second-order valence-electron chi connectivity index (χ2n) is 5.08. The SMILES string of the molecule is COCCn1nnn(-c2ccc(NC(=O)c3snnc3C)cc2)c1=O. The van der Waals surface area contributed by atoms with E-state index in [0.29, 0.717) is 35.1 Å². The molecule has 0 radical (unpaired) electrons. The molecule has 25 heavy (non-hydrogen) atoms. The molecule has 0 aliphatic carbocycles. The fourth-order valence-electron chi connectivity index (χ4n) is 2.07. The highest BCUT2D eigenvalue weighted by atomic mass is 32.1. The van der Waals surface area contributed by atoms with E-state index in [1.807, 2.05) is 0 Å². The molecule has 0 bridgehead atoms. The highest BCUT2D eigenvalue weighted by molar-refractivity contribution is 7.08. The lowest BCUT2D eigenvalue weighted by Crippen LogP contribution is -2.25. The molecule has 0 unspecified atom stereocenters. The molecule has 1 aromatic carbocycles. The Morgan fingerprint density at radius 3 is 2.68 bits per heavy atom. The number of nitrogens with one attached hydrogen (secondary N) is 1. The third-order valence-electron chi connectivity index (χ3n) is 3.37. The molecule has 0 spiro atoms. The van der Waals surface area contributed by atoms with Gasteiger partial charge in [-0.15, -0.1) is 5.10 Å². The van der Waals surface area contributed by atoms with Crippen LogP contribution in [0.3, 0.4) is 0 Å². The van der Waals surface area contributed by atoms with Crippen LogP contribution in [0.2, 0.25) is 0 Å². The first kappa shape index (κ1) is 16.9. The van der Waals surface area contributed by atoms with Crippen molar-refractivity contribution >= 4 is 23.1 Å². The Balaban J connectivity index is 1.74. The van der Waals surface area contributed by atoms with E-state index in [0.717, 1.165) is 11.5 Å². The number of ether oxygens (including phenoxy) is 1. The smallest absolute Gasteiger partial charge is 0.368 e. The van der Waals surface area contributed by atoms with E-state index in [-0.39, 0.29) is 11.6 Å². The minimum atomic E-state index is -0.361. The highest BCUT2D eigenvalue weighted by Crippen LogP contribution is 2.15. The van der Waals surface area contributed by atoms with Gasteiger partial charge in [0.15, 0.2) is 0 Å². The molecule has 3 aromatic rings. The summed E-state index contributed by atoms with van der Waals surface area (Å²) in [5.74, 6) is -0.275. The zero-order chi connectivity index (χ0) is 17.8. The Labute approximate surface area is 146 Å². The third-order valence-corrected chi connectivity index (χ3v) is 4.20. The summed E-state index contributed by atoms with van der Waals surface area (Å²) >= 11 is 1.04. The number of hydrogen-bond donors (Lipinski definition) is 1. The van der Waals surface area contributed by atoms with Crippen LogP contribution in [0.1, 0.15) is 15.4 Å². The van der Waals surface area contributed by atoms with Gasteiger partial charge in [0.2, 0.25) is 0 Å². The van der Waals surface area contributed by atoms with Crippen LogP contribution < -0.4 is 11.0 Å². The quantitative estimate of drug-likeness (QED) is 0.679. The lowest BCUT2D eigenvalue weighted by atomic mass is 10.2. The molecule has 1 N–H and O–H groups in total. The molecule has 0 aliphatic heterocycles. The molecule has 10 nitrogen and oxygen atoms in total. The van der Waals surface area contributed by atoms with Crippen LogP contribution in [0.25, 0.3) is 5.69 Å². The normalized spacial score (nSPS) is 10.8. The molecule has 2 heterocycles. The predicted molar refractivity (Wildman–Crippen MR) is 90.1 cm³/mol. The minimum Gasteiger partial charge on any atom is -0.383 e. The average molecular weight is 361 g/mol. The Kier molecular flexibility index (Phi) is 4.95. The molecule has 2 aromatic heterocycles. The molecule has 1 amide bonds. The number of carbonyl (C=O) groups excluding carboxylic acids is 1. The van der Waals surface area contributed by atoms with Gasteiger partial charge in [0.25, 0.3) is 5.91 Å². The van der Waals surface area contributed by atoms with E-state index in [1.165, 1.54) is 9.36 Å². The maximum absolute atomic E-state index is 12.2. The van der Waals surface area contributed by atoms with Gasteiger partial charge < -0.3 is 10.1 Å². The van der Waals surface area contributed by atoms with Crippen molar-refractivity contribution in [3.8, 4) is 5.69 Å². The van der Waals surface area contributed by atoms with Gasteiger partial charge in [-0.25, -0.2) is 4.79 Å². The lowest BCUT2D eigenvalue weighted by Gasteiger charge is -2.05. The summed E-state index contributed by atoms with van der Waals surface area (Å²) < 4.78 is 11.1. The van der Waals surface area contributed by atoms with Gasteiger partial charge in [-0.05, 0) is 53.1 Å². The summed E-state index contributed by atoms with van der Waals surface area (Å²) in [7, 11) is 1.55. The van der Waals surface area contributed by atoms with Crippen LogP contribution in [0.5, 0.6) is 0 Å². The van der Waals surface area contributed by atoms with Gasteiger partial charge in [0.1, 0.15) is 4.88 Å². The van der Waals surface area contributed by atoms with Crippen LogP contribution in [0.4, 0.5) is 5.69 Å². The Morgan fingerprint density at radius 2 is 2.04 bits per heavy atom. The number of amides is 1. The first-order valence-electron chi connectivity index (χ1n) is 7.32. The molecular weight excluding hydrogens is 346 g/mol. The fourth-order valence-corrected chi connectivity index (χ4v) is 2.62. The number of aromatic nitrogens is 6. The van der Waals surface area contributed by atoms with E-state index in [9.17, 15) is 9.59 Å². The molecule has 130 valence electrons. The Hall–Kier alpha value is -2.92.